The van der Waals surface area contributed by atoms with Gasteiger partial charge < -0.3 is 0 Å². The van der Waals surface area contributed by atoms with Crippen molar-refractivity contribution in [3.8, 4) is 0 Å². The van der Waals surface area contributed by atoms with Crippen LogP contribution >= 0.6 is 11.3 Å². The molecule has 2 nitrogen and oxygen atoms in total. The third kappa shape index (κ3) is 3.42. The number of likely N-dealkylation sites (N-methyl/N-ethyl adjacent to an activating group) is 1. The predicted octanol–water partition coefficient (Wildman–Crippen LogP) is 3.89. The fourth-order valence-electron chi connectivity index (χ4n) is 2.68. The van der Waals surface area contributed by atoms with E-state index in [2.05, 4.69) is 36.4 Å². The fourth-order valence-corrected chi connectivity index (χ4v) is 3.53. The summed E-state index contributed by atoms with van der Waals surface area (Å²) in [6.45, 7) is 2.78. The summed E-state index contributed by atoms with van der Waals surface area (Å²) in [5.41, 5.74) is 0. The monoisotopic (exact) mass is 265 g/mol. The Morgan fingerprint density at radius 1 is 1.44 bits per heavy atom. The van der Waals surface area contributed by atoms with E-state index in [-0.39, 0.29) is 0 Å². The Morgan fingerprint density at radius 2 is 2.17 bits per heavy atom. The molecule has 0 aliphatic heterocycles. The molecule has 0 saturated heterocycles. The minimum atomic E-state index is 0.330. The van der Waals surface area contributed by atoms with Gasteiger partial charge in [-0.2, -0.15) is 0 Å². The van der Waals surface area contributed by atoms with Gasteiger partial charge in [-0.1, -0.05) is 25.3 Å². The molecule has 0 aromatic carbocycles. The molecular weight excluding hydrogens is 242 g/mol. The lowest BCUT2D eigenvalue weighted by Gasteiger charge is -2.26. The Balaban J connectivity index is 1.86. The lowest BCUT2D eigenvalue weighted by atomic mass is 9.86. The Bertz CT molecular complexity index is 368. The maximum Gasteiger partial charge on any atom is 0.149 e. The fraction of sp³-hybridized carbons (Fsp3) is 0.667. The lowest BCUT2D eigenvalue weighted by molar-refractivity contribution is -0.125. The van der Waals surface area contributed by atoms with Gasteiger partial charge in [-0.3, -0.25) is 9.69 Å². The van der Waals surface area contributed by atoms with Crippen molar-refractivity contribution in [2.75, 3.05) is 13.6 Å². The van der Waals surface area contributed by atoms with Crippen LogP contribution < -0.4 is 0 Å². The normalized spacial score (nSPS) is 19.1. The standard InChI is InChI=1S/C15H23NOS/c1-12(15-9-6-10-18-15)16(2)11-14(17)13-7-4-3-5-8-13/h6,9-10,12-13H,3-5,7-8,11H2,1-2H3. The maximum atomic E-state index is 12.2. The number of rotatable bonds is 5. The van der Waals surface area contributed by atoms with E-state index in [1.807, 2.05) is 0 Å². The molecule has 18 heavy (non-hydrogen) atoms. The van der Waals surface area contributed by atoms with Gasteiger partial charge in [-0.05, 0) is 38.3 Å². The number of carbonyl (C=O) groups excluding carboxylic acids is 1. The highest BCUT2D eigenvalue weighted by Gasteiger charge is 2.23. The van der Waals surface area contributed by atoms with Crippen molar-refractivity contribution >= 4 is 17.1 Å². The number of ketones is 1. The molecule has 0 bridgehead atoms. The first kappa shape index (κ1) is 13.8. The topological polar surface area (TPSA) is 20.3 Å². The Morgan fingerprint density at radius 3 is 2.78 bits per heavy atom. The summed E-state index contributed by atoms with van der Waals surface area (Å²) in [7, 11) is 2.06. The van der Waals surface area contributed by atoms with Gasteiger partial charge in [0, 0.05) is 16.8 Å². The van der Waals surface area contributed by atoms with E-state index in [4.69, 9.17) is 0 Å². The second kappa shape index (κ2) is 6.48. The summed E-state index contributed by atoms with van der Waals surface area (Å²) in [6, 6.07) is 4.57. The first-order valence-electron chi connectivity index (χ1n) is 6.95. The van der Waals surface area contributed by atoms with Gasteiger partial charge in [-0.25, -0.2) is 0 Å². The highest BCUT2D eigenvalue weighted by Crippen LogP contribution is 2.27. The molecule has 2 rings (SSSR count). The van der Waals surface area contributed by atoms with E-state index in [1.54, 1.807) is 11.3 Å². The van der Waals surface area contributed by atoms with E-state index >= 15 is 0 Å². The molecule has 0 N–H and O–H groups in total. The van der Waals surface area contributed by atoms with Gasteiger partial charge in [0.05, 0.1) is 6.54 Å². The van der Waals surface area contributed by atoms with Crippen LogP contribution in [0.2, 0.25) is 0 Å². The van der Waals surface area contributed by atoms with Crippen LogP contribution in [0.4, 0.5) is 0 Å². The second-order valence-corrected chi connectivity index (χ2v) is 6.39. The minimum absolute atomic E-state index is 0.330. The van der Waals surface area contributed by atoms with Crippen molar-refractivity contribution in [2.24, 2.45) is 5.92 Å². The summed E-state index contributed by atoms with van der Waals surface area (Å²) in [5, 5.41) is 2.10. The number of carbonyl (C=O) groups is 1. The molecular formula is C15H23NOS. The molecule has 1 saturated carbocycles. The first-order chi connectivity index (χ1) is 8.68. The smallest absolute Gasteiger partial charge is 0.149 e. The third-order valence-electron chi connectivity index (χ3n) is 4.08. The zero-order valence-electron chi connectivity index (χ0n) is 11.4. The van der Waals surface area contributed by atoms with E-state index < -0.39 is 0 Å². The number of thiophene rings is 1. The van der Waals surface area contributed by atoms with Crippen LogP contribution in [0.1, 0.15) is 49.9 Å². The molecule has 1 fully saturated rings. The lowest BCUT2D eigenvalue weighted by Crippen LogP contribution is -2.32. The Hall–Kier alpha value is -0.670. The van der Waals surface area contributed by atoms with Gasteiger partial charge >= 0.3 is 0 Å². The van der Waals surface area contributed by atoms with Crippen molar-refractivity contribution in [1.29, 1.82) is 0 Å². The molecule has 1 aromatic heterocycles. The molecule has 1 aliphatic carbocycles. The third-order valence-corrected chi connectivity index (χ3v) is 5.12. The summed E-state index contributed by atoms with van der Waals surface area (Å²) >= 11 is 1.77. The Labute approximate surface area is 114 Å². The summed E-state index contributed by atoms with van der Waals surface area (Å²) < 4.78 is 0. The molecule has 1 heterocycles. The molecule has 1 unspecified atom stereocenters. The van der Waals surface area contributed by atoms with Gasteiger partial charge in [-0.15, -0.1) is 11.3 Å². The number of Topliss-reactive ketones (excluding diaryl/α,β-unsaturated/α-hetero) is 1. The molecule has 0 amide bonds. The highest BCUT2D eigenvalue weighted by molar-refractivity contribution is 7.10. The van der Waals surface area contributed by atoms with Crippen molar-refractivity contribution in [3.05, 3.63) is 22.4 Å². The number of nitrogens with zero attached hydrogens (tertiary/aromatic N) is 1. The average Bonchev–Trinajstić information content (AvgIpc) is 2.92. The van der Waals surface area contributed by atoms with Crippen LogP contribution in [0, 0.1) is 5.92 Å². The highest BCUT2D eigenvalue weighted by atomic mass is 32.1. The van der Waals surface area contributed by atoms with Crippen LogP contribution in [-0.4, -0.2) is 24.3 Å². The molecule has 0 spiro atoms. The first-order valence-corrected chi connectivity index (χ1v) is 7.83. The van der Waals surface area contributed by atoms with E-state index in [1.165, 1.54) is 24.1 Å². The molecule has 100 valence electrons. The van der Waals surface area contributed by atoms with Crippen LogP contribution in [-0.2, 0) is 4.79 Å². The van der Waals surface area contributed by atoms with Crippen LogP contribution in [0.3, 0.4) is 0 Å². The summed E-state index contributed by atoms with van der Waals surface area (Å²) in [5.74, 6) is 0.775. The Kier molecular flexibility index (Phi) is 4.95. The quantitative estimate of drug-likeness (QED) is 0.805. The van der Waals surface area contributed by atoms with E-state index in [0.29, 0.717) is 24.3 Å². The molecule has 3 heteroatoms. The molecule has 1 atom stereocenters. The maximum absolute atomic E-state index is 12.2. The largest absolute Gasteiger partial charge is 0.298 e. The molecule has 0 radical (unpaired) electrons. The second-order valence-electron chi connectivity index (χ2n) is 5.41. The zero-order chi connectivity index (χ0) is 13.0. The summed E-state index contributed by atoms with van der Waals surface area (Å²) in [6.07, 6.45) is 6.01. The van der Waals surface area contributed by atoms with Gasteiger partial charge in [0.1, 0.15) is 5.78 Å². The van der Waals surface area contributed by atoms with Crippen molar-refractivity contribution in [2.45, 2.75) is 45.1 Å². The SMILES string of the molecule is CC(c1cccs1)N(C)CC(=O)C1CCCCC1. The van der Waals surface area contributed by atoms with E-state index in [0.717, 1.165) is 12.8 Å². The summed E-state index contributed by atoms with van der Waals surface area (Å²) in [4.78, 5) is 15.8. The molecule has 1 aromatic rings. The van der Waals surface area contributed by atoms with Crippen molar-refractivity contribution in [3.63, 3.8) is 0 Å². The number of hydrogen-bond donors (Lipinski definition) is 0. The van der Waals surface area contributed by atoms with Gasteiger partial charge in [0.25, 0.3) is 0 Å². The zero-order valence-corrected chi connectivity index (χ0v) is 12.2. The van der Waals surface area contributed by atoms with Crippen LogP contribution in [0.25, 0.3) is 0 Å². The van der Waals surface area contributed by atoms with Crippen molar-refractivity contribution < 1.29 is 4.79 Å². The number of hydrogen-bond acceptors (Lipinski definition) is 3. The van der Waals surface area contributed by atoms with Gasteiger partial charge in [0.15, 0.2) is 0 Å². The van der Waals surface area contributed by atoms with Gasteiger partial charge in [0.2, 0.25) is 0 Å². The van der Waals surface area contributed by atoms with Crippen molar-refractivity contribution in [1.82, 2.24) is 4.90 Å². The van der Waals surface area contributed by atoms with E-state index in [9.17, 15) is 4.79 Å². The predicted molar refractivity (Wildman–Crippen MR) is 76.9 cm³/mol. The average molecular weight is 265 g/mol. The minimum Gasteiger partial charge on any atom is -0.298 e. The molecule has 1 aliphatic rings. The van der Waals surface area contributed by atoms with Crippen LogP contribution in [0.5, 0.6) is 0 Å². The van der Waals surface area contributed by atoms with Crippen LogP contribution in [0.15, 0.2) is 17.5 Å².